The van der Waals surface area contributed by atoms with E-state index in [0.717, 1.165) is 46.4 Å². The second kappa shape index (κ2) is 12.3. The maximum atomic E-state index is 13.1. The van der Waals surface area contributed by atoms with Crippen molar-refractivity contribution in [3.8, 4) is 17.1 Å². The van der Waals surface area contributed by atoms with Crippen LogP contribution in [-0.2, 0) is 11.8 Å². The number of aromatic nitrogens is 7. The van der Waals surface area contributed by atoms with Gasteiger partial charge in [0.1, 0.15) is 6.10 Å². The Labute approximate surface area is 255 Å². The number of nitrogens with one attached hydrogen (secondary N) is 4. The number of carbonyl (C=O) groups is 1. The van der Waals surface area contributed by atoms with Gasteiger partial charge >= 0.3 is 0 Å². The van der Waals surface area contributed by atoms with Crippen molar-refractivity contribution in [1.29, 1.82) is 0 Å². The molecule has 5 aromatic rings. The molecule has 1 aliphatic rings. The maximum absolute atomic E-state index is 13.1. The molecule has 13 heteroatoms. The zero-order chi connectivity index (χ0) is 30.8. The molecule has 0 radical (unpaired) electrons. The molecule has 6 rings (SSSR count). The number of fused-ring (bicyclic) bond motifs is 1. The van der Waals surface area contributed by atoms with Gasteiger partial charge in [-0.05, 0) is 45.7 Å². The minimum absolute atomic E-state index is 0.0452. The fourth-order valence-corrected chi connectivity index (χ4v) is 5.30. The highest BCUT2D eigenvalue weighted by molar-refractivity contribution is 6.06. The molecule has 1 amide bonds. The van der Waals surface area contributed by atoms with Crippen molar-refractivity contribution in [1.82, 2.24) is 39.6 Å². The molecule has 228 valence electrons. The molecule has 1 fully saturated rings. The number of rotatable bonds is 10. The van der Waals surface area contributed by atoms with E-state index in [9.17, 15) is 4.79 Å². The van der Waals surface area contributed by atoms with Gasteiger partial charge < -0.3 is 25.7 Å². The van der Waals surface area contributed by atoms with Gasteiger partial charge in [-0.3, -0.25) is 14.4 Å². The highest BCUT2D eigenvalue weighted by atomic mass is 16.5. The van der Waals surface area contributed by atoms with Gasteiger partial charge in [0, 0.05) is 73.5 Å². The average Bonchev–Trinajstić information content (AvgIpc) is 3.69. The predicted molar refractivity (Wildman–Crippen MR) is 170 cm³/mol. The lowest BCUT2D eigenvalue weighted by atomic mass is 10.1. The van der Waals surface area contributed by atoms with Gasteiger partial charge in [0.05, 0.1) is 23.4 Å². The summed E-state index contributed by atoms with van der Waals surface area (Å²) in [4.78, 5) is 36.5. The van der Waals surface area contributed by atoms with Crippen LogP contribution in [0.2, 0.25) is 0 Å². The van der Waals surface area contributed by atoms with Crippen LogP contribution < -0.4 is 20.7 Å². The van der Waals surface area contributed by atoms with Crippen LogP contribution in [0.25, 0.3) is 22.2 Å². The zero-order valence-corrected chi connectivity index (χ0v) is 25.5. The van der Waals surface area contributed by atoms with Gasteiger partial charge in [-0.25, -0.2) is 15.0 Å². The highest BCUT2D eigenvalue weighted by Crippen LogP contribution is 2.33. The normalized spacial score (nSPS) is 15.2. The van der Waals surface area contributed by atoms with Crippen molar-refractivity contribution in [3.05, 3.63) is 60.2 Å². The first-order valence-corrected chi connectivity index (χ1v) is 14.7. The van der Waals surface area contributed by atoms with Crippen molar-refractivity contribution < 1.29 is 9.53 Å². The van der Waals surface area contributed by atoms with Gasteiger partial charge in [0.25, 0.3) is 0 Å². The van der Waals surface area contributed by atoms with Crippen LogP contribution in [0, 0.1) is 13.8 Å². The summed E-state index contributed by atoms with van der Waals surface area (Å²) in [5, 5.41) is 14.9. The van der Waals surface area contributed by atoms with Crippen molar-refractivity contribution in [3.63, 3.8) is 0 Å². The molecule has 0 spiro atoms. The lowest BCUT2D eigenvalue weighted by Crippen LogP contribution is -2.33. The maximum Gasteiger partial charge on any atom is 0.238 e. The second-order valence-corrected chi connectivity index (χ2v) is 11.4. The number of aromatic amines is 1. The molecule has 1 aliphatic heterocycles. The Morgan fingerprint density at radius 2 is 2.02 bits per heavy atom. The minimum atomic E-state index is -0.0879. The summed E-state index contributed by atoms with van der Waals surface area (Å²) in [5.41, 5.74) is 5.23. The molecule has 44 heavy (non-hydrogen) atoms. The van der Waals surface area contributed by atoms with Crippen molar-refractivity contribution in [2.75, 3.05) is 35.6 Å². The van der Waals surface area contributed by atoms with Crippen LogP contribution in [0.4, 0.5) is 23.4 Å². The van der Waals surface area contributed by atoms with Crippen molar-refractivity contribution in [2.45, 2.75) is 46.3 Å². The van der Waals surface area contributed by atoms with Crippen LogP contribution >= 0.6 is 0 Å². The third-order valence-electron chi connectivity index (χ3n) is 7.50. The highest BCUT2D eigenvalue weighted by Gasteiger charge is 2.26. The number of amides is 1. The fourth-order valence-electron chi connectivity index (χ4n) is 5.30. The number of hydrogen-bond acceptors (Lipinski definition) is 10. The van der Waals surface area contributed by atoms with Crippen LogP contribution in [0.5, 0.6) is 5.88 Å². The van der Waals surface area contributed by atoms with E-state index in [0.29, 0.717) is 35.8 Å². The summed E-state index contributed by atoms with van der Waals surface area (Å²) >= 11 is 0. The molecule has 4 aromatic heterocycles. The number of benzene rings is 1. The molecule has 13 nitrogen and oxygen atoms in total. The summed E-state index contributed by atoms with van der Waals surface area (Å²) < 4.78 is 7.89. The molecule has 1 unspecified atom stereocenters. The van der Waals surface area contributed by atoms with E-state index in [4.69, 9.17) is 9.72 Å². The summed E-state index contributed by atoms with van der Waals surface area (Å²) in [6, 6.07) is 9.78. The predicted octanol–water partition coefficient (Wildman–Crippen LogP) is 4.42. The molecule has 0 aliphatic carbocycles. The number of para-hydroxylation sites is 1. The summed E-state index contributed by atoms with van der Waals surface area (Å²) in [6.45, 7) is 9.70. The third kappa shape index (κ3) is 6.47. The third-order valence-corrected chi connectivity index (χ3v) is 7.50. The van der Waals surface area contributed by atoms with Gasteiger partial charge in [0.2, 0.25) is 23.7 Å². The molecule has 0 saturated carbocycles. The summed E-state index contributed by atoms with van der Waals surface area (Å²) in [6.07, 6.45) is 6.17. The largest absolute Gasteiger partial charge is 0.473 e. The fraction of sp³-hybridized carbons (Fsp3) is 0.355. The Morgan fingerprint density at radius 3 is 2.82 bits per heavy atom. The first kappa shape index (κ1) is 29.1. The monoisotopic (exact) mass is 595 g/mol. The minimum Gasteiger partial charge on any atom is -0.473 e. The topological polar surface area (TPSA) is 151 Å². The number of likely N-dealkylation sites (tertiary alicyclic amines) is 1. The summed E-state index contributed by atoms with van der Waals surface area (Å²) in [5.74, 6) is 2.13. The van der Waals surface area contributed by atoms with E-state index in [1.165, 1.54) is 0 Å². The van der Waals surface area contributed by atoms with Gasteiger partial charge in [-0.15, -0.1) is 0 Å². The van der Waals surface area contributed by atoms with E-state index in [1.807, 2.05) is 65.2 Å². The Bertz CT molecular complexity index is 1780. The van der Waals surface area contributed by atoms with E-state index in [-0.39, 0.29) is 24.6 Å². The average molecular weight is 596 g/mol. The lowest BCUT2D eigenvalue weighted by molar-refractivity contribution is -0.117. The van der Waals surface area contributed by atoms with Crippen LogP contribution in [0.3, 0.4) is 0 Å². The lowest BCUT2D eigenvalue weighted by Gasteiger charge is -2.17. The van der Waals surface area contributed by atoms with E-state index < -0.39 is 0 Å². The molecular weight excluding hydrogens is 558 g/mol. The number of anilines is 4. The molecule has 1 atom stereocenters. The number of hydrogen-bond donors (Lipinski definition) is 4. The molecular formula is C31H37N11O2. The molecule has 4 N–H and O–H groups in total. The van der Waals surface area contributed by atoms with Gasteiger partial charge in [0.15, 0.2) is 5.82 Å². The smallest absolute Gasteiger partial charge is 0.238 e. The molecule has 1 saturated heterocycles. The Hall–Kier alpha value is -5.04. The second-order valence-electron chi connectivity index (χ2n) is 11.4. The Balaban J connectivity index is 1.11. The Morgan fingerprint density at radius 1 is 1.16 bits per heavy atom. The number of H-pyrrole nitrogens is 1. The van der Waals surface area contributed by atoms with Crippen LogP contribution in [-0.4, -0.2) is 77.3 Å². The number of ether oxygens (including phenoxy) is 1. The van der Waals surface area contributed by atoms with Crippen LogP contribution in [0.15, 0.2) is 48.9 Å². The zero-order valence-electron chi connectivity index (χ0n) is 25.5. The van der Waals surface area contributed by atoms with Gasteiger partial charge in [-0.1, -0.05) is 12.1 Å². The quantitative estimate of drug-likeness (QED) is 0.183. The molecule has 5 heterocycles. The first-order valence-electron chi connectivity index (χ1n) is 14.7. The molecule has 1 aromatic carbocycles. The van der Waals surface area contributed by atoms with E-state index in [1.54, 1.807) is 23.1 Å². The van der Waals surface area contributed by atoms with Crippen molar-refractivity contribution in [2.24, 2.45) is 7.05 Å². The van der Waals surface area contributed by atoms with E-state index >= 15 is 0 Å². The van der Waals surface area contributed by atoms with Gasteiger partial charge in [-0.2, -0.15) is 10.1 Å². The van der Waals surface area contributed by atoms with Crippen LogP contribution in [0.1, 0.15) is 31.5 Å². The van der Waals surface area contributed by atoms with E-state index in [2.05, 4.69) is 45.9 Å². The number of carbonyl (C=O) groups excluding carboxylic acids is 1. The first-order chi connectivity index (χ1) is 21.2. The van der Waals surface area contributed by atoms with Crippen molar-refractivity contribution >= 4 is 40.2 Å². The number of aryl methyl sites for hydroxylation is 3. The summed E-state index contributed by atoms with van der Waals surface area (Å²) in [7, 11) is 1.89. The standard InChI is InChI=1S/C31H37N11O2/c1-18(2)35-30-32-11-9-27(38-30)44-21-10-12-42(16-21)17-26(43)36-24-8-6-7-22-23(15-33-29(22)24)28-19(3)14-34-31(39-28)37-25-13-20(4)41(5)40-25/h6-9,11,13-15,18,21,33H,10,12,16-17H2,1-5H3,(H,36,43)(H,32,35,38)(H,34,37,39,40). The molecule has 0 bridgehead atoms. The Kier molecular flexibility index (Phi) is 8.11. The number of nitrogens with zero attached hydrogens (tertiary/aromatic N) is 7. The SMILES string of the molecule is Cc1cnc(Nc2cc(C)n(C)n2)nc1-c1c[nH]c2c(NC(=O)CN3CCC(Oc4ccnc(NC(C)C)n4)C3)cccc12.